The lowest BCUT2D eigenvalue weighted by molar-refractivity contribution is -0.118. The van der Waals surface area contributed by atoms with Crippen LogP contribution in [0, 0.1) is 0 Å². The van der Waals surface area contributed by atoms with Crippen molar-refractivity contribution in [3.05, 3.63) is 21.4 Å². The van der Waals surface area contributed by atoms with Crippen LogP contribution in [0.4, 0.5) is 0 Å². The van der Waals surface area contributed by atoms with Crippen molar-refractivity contribution in [2.45, 2.75) is 31.9 Å². The van der Waals surface area contributed by atoms with Gasteiger partial charge in [0.2, 0.25) is 0 Å². The van der Waals surface area contributed by atoms with E-state index in [0.29, 0.717) is 12.4 Å². The zero-order valence-electron chi connectivity index (χ0n) is 12.2. The van der Waals surface area contributed by atoms with E-state index in [1.807, 2.05) is 36.5 Å². The van der Waals surface area contributed by atoms with Gasteiger partial charge in [-0.25, -0.2) is 4.79 Å². The Morgan fingerprint density at radius 2 is 1.90 bits per heavy atom. The van der Waals surface area contributed by atoms with Crippen molar-refractivity contribution in [2.24, 2.45) is 0 Å². The molecule has 1 aromatic heterocycles. The molecular weight excluding hydrogens is 324 g/mol. The third kappa shape index (κ3) is 5.34. The molecule has 1 aromatic rings. The number of Topliss-reactive ketones (excluding diaryl/α,β-unsaturated/α-hetero) is 1. The van der Waals surface area contributed by atoms with Crippen molar-refractivity contribution >= 4 is 46.6 Å². The maximum absolute atomic E-state index is 11.4. The van der Waals surface area contributed by atoms with Gasteiger partial charge in [0.25, 0.3) is 0 Å². The van der Waals surface area contributed by atoms with E-state index in [0.717, 1.165) is 41.4 Å². The molecule has 0 bridgehead atoms. The SMILES string of the molecule is CCOC(=O)c1cc2c(s1)CCSC2.O=C1CCSCC1. The van der Waals surface area contributed by atoms with Crippen LogP contribution < -0.4 is 0 Å². The molecule has 0 saturated carbocycles. The molecule has 0 aliphatic carbocycles. The molecule has 3 nitrogen and oxygen atoms in total. The molecular formula is C15H20O3S3. The van der Waals surface area contributed by atoms with Crippen molar-refractivity contribution in [3.63, 3.8) is 0 Å². The van der Waals surface area contributed by atoms with Crippen LogP contribution in [-0.2, 0) is 21.7 Å². The number of rotatable bonds is 2. The van der Waals surface area contributed by atoms with Gasteiger partial charge in [0, 0.05) is 35.0 Å². The monoisotopic (exact) mass is 344 g/mol. The minimum Gasteiger partial charge on any atom is -0.462 e. The van der Waals surface area contributed by atoms with Crippen LogP contribution in [0.1, 0.15) is 39.9 Å². The van der Waals surface area contributed by atoms with E-state index in [1.165, 1.54) is 16.2 Å². The van der Waals surface area contributed by atoms with Gasteiger partial charge in [-0.2, -0.15) is 23.5 Å². The van der Waals surface area contributed by atoms with E-state index in [2.05, 4.69) is 0 Å². The molecule has 1 fully saturated rings. The molecule has 2 aliphatic heterocycles. The summed E-state index contributed by atoms with van der Waals surface area (Å²) >= 11 is 5.40. The summed E-state index contributed by atoms with van der Waals surface area (Å²) in [6, 6.07) is 1.99. The molecule has 1 saturated heterocycles. The van der Waals surface area contributed by atoms with Crippen molar-refractivity contribution < 1.29 is 14.3 Å². The second-order valence-corrected chi connectivity index (χ2v) is 8.20. The summed E-state index contributed by atoms with van der Waals surface area (Å²) in [5, 5.41) is 0. The third-order valence-electron chi connectivity index (χ3n) is 3.15. The number of thioether (sulfide) groups is 2. The second kappa shape index (κ2) is 8.86. The highest BCUT2D eigenvalue weighted by atomic mass is 32.2. The minimum atomic E-state index is -0.170. The van der Waals surface area contributed by atoms with Crippen molar-refractivity contribution in [1.29, 1.82) is 0 Å². The Kier molecular flexibility index (Phi) is 7.13. The molecule has 2 aliphatic rings. The number of thiophene rings is 1. The fourth-order valence-corrected chi connectivity index (χ4v) is 5.26. The van der Waals surface area contributed by atoms with E-state index < -0.39 is 0 Å². The lowest BCUT2D eigenvalue weighted by atomic mass is 10.2. The summed E-state index contributed by atoms with van der Waals surface area (Å²) in [5.74, 6) is 4.61. The third-order valence-corrected chi connectivity index (χ3v) is 6.37. The van der Waals surface area contributed by atoms with Crippen LogP contribution >= 0.6 is 34.9 Å². The summed E-state index contributed by atoms with van der Waals surface area (Å²) in [7, 11) is 0. The number of hydrogen-bond acceptors (Lipinski definition) is 6. The number of ketones is 1. The molecule has 0 spiro atoms. The van der Waals surface area contributed by atoms with Gasteiger partial charge in [0.15, 0.2) is 0 Å². The van der Waals surface area contributed by atoms with Gasteiger partial charge in [-0.05, 0) is 30.7 Å². The predicted octanol–water partition coefficient (Wildman–Crippen LogP) is 3.80. The molecule has 3 heterocycles. The first-order valence-corrected chi connectivity index (χ1v) is 10.3. The fraction of sp³-hybridized carbons (Fsp3) is 0.600. The van der Waals surface area contributed by atoms with E-state index in [9.17, 15) is 9.59 Å². The Bertz CT molecular complexity index is 465. The number of ether oxygens (including phenoxy) is 1. The van der Waals surface area contributed by atoms with E-state index in [-0.39, 0.29) is 5.97 Å². The Hall–Kier alpha value is -0.460. The number of hydrogen-bond donors (Lipinski definition) is 0. The summed E-state index contributed by atoms with van der Waals surface area (Å²) in [4.78, 5) is 24.0. The first kappa shape index (κ1) is 16.9. The van der Waals surface area contributed by atoms with Gasteiger partial charge in [-0.15, -0.1) is 11.3 Å². The number of aryl methyl sites for hydroxylation is 1. The molecule has 0 amide bonds. The van der Waals surface area contributed by atoms with Gasteiger partial charge in [-0.3, -0.25) is 4.79 Å². The molecule has 21 heavy (non-hydrogen) atoms. The topological polar surface area (TPSA) is 43.4 Å². The molecule has 0 radical (unpaired) electrons. The smallest absolute Gasteiger partial charge is 0.348 e. The Morgan fingerprint density at radius 1 is 1.19 bits per heavy atom. The summed E-state index contributed by atoms with van der Waals surface area (Å²) < 4.78 is 4.97. The molecule has 0 aromatic carbocycles. The van der Waals surface area contributed by atoms with Crippen molar-refractivity contribution in [2.75, 3.05) is 23.9 Å². The lowest BCUT2D eigenvalue weighted by Gasteiger charge is -2.08. The first-order chi connectivity index (χ1) is 10.2. The number of carbonyl (C=O) groups is 2. The fourth-order valence-electron chi connectivity index (χ4n) is 2.05. The van der Waals surface area contributed by atoms with Gasteiger partial charge >= 0.3 is 5.97 Å². The highest BCUT2D eigenvalue weighted by Crippen LogP contribution is 2.31. The Balaban J connectivity index is 0.000000194. The number of fused-ring (bicyclic) bond motifs is 1. The Labute approximate surface area is 138 Å². The minimum absolute atomic E-state index is 0.170. The molecule has 0 unspecified atom stereocenters. The van der Waals surface area contributed by atoms with Gasteiger partial charge in [-0.1, -0.05) is 0 Å². The molecule has 6 heteroatoms. The Morgan fingerprint density at radius 3 is 2.48 bits per heavy atom. The average Bonchev–Trinajstić information content (AvgIpc) is 2.93. The van der Waals surface area contributed by atoms with Crippen molar-refractivity contribution in [1.82, 2.24) is 0 Å². The largest absolute Gasteiger partial charge is 0.462 e. The van der Waals surface area contributed by atoms with Crippen LogP contribution in [0.3, 0.4) is 0 Å². The maximum atomic E-state index is 11.4. The van der Waals surface area contributed by atoms with Gasteiger partial charge in [0.05, 0.1) is 6.61 Å². The highest BCUT2D eigenvalue weighted by molar-refractivity contribution is 7.99. The maximum Gasteiger partial charge on any atom is 0.348 e. The molecule has 3 rings (SSSR count). The zero-order valence-corrected chi connectivity index (χ0v) is 14.6. The van der Waals surface area contributed by atoms with Crippen LogP contribution in [-0.4, -0.2) is 35.6 Å². The summed E-state index contributed by atoms with van der Waals surface area (Å²) in [6.45, 7) is 2.29. The summed E-state index contributed by atoms with van der Waals surface area (Å²) in [6.07, 6.45) is 2.72. The predicted molar refractivity (Wildman–Crippen MR) is 91.7 cm³/mol. The van der Waals surface area contributed by atoms with Gasteiger partial charge in [0.1, 0.15) is 10.7 Å². The highest BCUT2D eigenvalue weighted by Gasteiger charge is 2.17. The van der Waals surface area contributed by atoms with Crippen LogP contribution in [0.5, 0.6) is 0 Å². The van der Waals surface area contributed by atoms with Crippen LogP contribution in [0.25, 0.3) is 0 Å². The lowest BCUT2D eigenvalue weighted by Crippen LogP contribution is -2.06. The van der Waals surface area contributed by atoms with Crippen molar-refractivity contribution in [3.8, 4) is 0 Å². The molecule has 0 atom stereocenters. The average molecular weight is 345 g/mol. The van der Waals surface area contributed by atoms with E-state index in [1.54, 1.807) is 11.3 Å². The number of esters is 1. The zero-order chi connectivity index (χ0) is 15.1. The first-order valence-electron chi connectivity index (χ1n) is 7.16. The standard InChI is InChI=1S/C10H12O2S2.C5H8OS/c1-2-12-10(11)9-5-7-6-13-4-3-8(7)14-9;6-5-1-3-7-4-2-5/h5H,2-4,6H2,1H3;1-4H2. The van der Waals surface area contributed by atoms with Gasteiger partial charge < -0.3 is 4.74 Å². The van der Waals surface area contributed by atoms with Crippen LogP contribution in [0.2, 0.25) is 0 Å². The second-order valence-electron chi connectivity index (χ2n) is 4.73. The number of carbonyl (C=O) groups excluding carboxylic acids is 2. The van der Waals surface area contributed by atoms with E-state index in [4.69, 9.17) is 4.74 Å². The molecule has 0 N–H and O–H groups in total. The quantitative estimate of drug-likeness (QED) is 0.764. The normalized spacial score (nSPS) is 17.5. The summed E-state index contributed by atoms with van der Waals surface area (Å²) in [5.41, 5.74) is 1.33. The molecule has 116 valence electrons. The van der Waals surface area contributed by atoms with E-state index >= 15 is 0 Å². The van der Waals surface area contributed by atoms with Crippen LogP contribution in [0.15, 0.2) is 6.07 Å².